The van der Waals surface area contributed by atoms with Gasteiger partial charge >= 0.3 is 5.97 Å². The molecule has 5 nitrogen and oxygen atoms in total. The van der Waals surface area contributed by atoms with E-state index in [4.69, 9.17) is 30.5 Å². The summed E-state index contributed by atoms with van der Waals surface area (Å²) in [5.74, 6) is 1.07. The minimum Gasteiger partial charge on any atom is -0.496 e. The molecule has 0 heterocycles. The zero-order valence-electron chi connectivity index (χ0n) is 13.3. The third-order valence-electron chi connectivity index (χ3n) is 3.27. The van der Waals surface area contributed by atoms with Gasteiger partial charge in [-0.1, -0.05) is 11.6 Å². The van der Waals surface area contributed by atoms with E-state index in [2.05, 4.69) is 0 Å². The second kappa shape index (κ2) is 7.24. The van der Waals surface area contributed by atoms with Gasteiger partial charge in [0.2, 0.25) is 0 Å². The van der Waals surface area contributed by atoms with Gasteiger partial charge in [-0.2, -0.15) is 0 Å². The number of aryl methyl sites for hydroxylation is 1. The summed E-state index contributed by atoms with van der Waals surface area (Å²) in [6, 6.07) is 8.11. The Morgan fingerprint density at radius 3 is 2.04 bits per heavy atom. The van der Waals surface area contributed by atoms with Crippen molar-refractivity contribution in [3.63, 3.8) is 0 Å². The van der Waals surface area contributed by atoms with Gasteiger partial charge in [-0.05, 0) is 30.7 Å². The zero-order valence-corrected chi connectivity index (χ0v) is 14.1. The van der Waals surface area contributed by atoms with Crippen molar-refractivity contribution in [2.24, 2.45) is 0 Å². The number of hydrogen-bond donors (Lipinski definition) is 0. The maximum absolute atomic E-state index is 12.5. The summed E-state index contributed by atoms with van der Waals surface area (Å²) in [5, 5.41) is 0.575. The van der Waals surface area contributed by atoms with E-state index in [9.17, 15) is 4.79 Å². The van der Waals surface area contributed by atoms with Gasteiger partial charge in [0.25, 0.3) is 0 Å². The molecule has 2 rings (SSSR count). The molecule has 0 aliphatic heterocycles. The molecule has 0 saturated carbocycles. The predicted molar refractivity (Wildman–Crippen MR) is 87.2 cm³/mol. The highest BCUT2D eigenvalue weighted by Crippen LogP contribution is 2.35. The van der Waals surface area contributed by atoms with Crippen LogP contribution < -0.4 is 18.9 Å². The van der Waals surface area contributed by atoms with Crippen molar-refractivity contribution < 1.29 is 23.7 Å². The largest absolute Gasteiger partial charge is 0.496 e. The normalized spacial score (nSPS) is 10.1. The van der Waals surface area contributed by atoms with Gasteiger partial charge in [-0.15, -0.1) is 0 Å². The zero-order chi connectivity index (χ0) is 17.0. The van der Waals surface area contributed by atoms with Gasteiger partial charge in [0, 0.05) is 17.2 Å². The van der Waals surface area contributed by atoms with Crippen molar-refractivity contribution >= 4 is 17.6 Å². The van der Waals surface area contributed by atoms with Crippen LogP contribution in [0.25, 0.3) is 0 Å². The predicted octanol–water partition coefficient (Wildman–Crippen LogP) is 3.89. The van der Waals surface area contributed by atoms with Crippen molar-refractivity contribution in [2.75, 3.05) is 21.3 Å². The number of halogens is 1. The van der Waals surface area contributed by atoms with E-state index < -0.39 is 5.97 Å². The van der Waals surface area contributed by atoms with Crippen LogP contribution in [0.2, 0.25) is 5.02 Å². The molecule has 0 spiro atoms. The first-order valence-corrected chi connectivity index (χ1v) is 7.16. The van der Waals surface area contributed by atoms with Crippen LogP contribution >= 0.6 is 11.6 Å². The van der Waals surface area contributed by atoms with Crippen LogP contribution in [0.4, 0.5) is 0 Å². The molecule has 0 radical (unpaired) electrons. The fourth-order valence-electron chi connectivity index (χ4n) is 2.07. The van der Waals surface area contributed by atoms with E-state index in [1.54, 1.807) is 31.2 Å². The summed E-state index contributed by atoms with van der Waals surface area (Å²) in [4.78, 5) is 12.5. The molecule has 0 fully saturated rings. The second-order valence-electron chi connectivity index (χ2n) is 4.71. The Morgan fingerprint density at radius 2 is 1.48 bits per heavy atom. The number of hydrogen-bond acceptors (Lipinski definition) is 5. The Hall–Kier alpha value is -2.40. The maximum Gasteiger partial charge on any atom is 0.347 e. The number of carbonyl (C=O) groups excluding carboxylic acids is 1. The van der Waals surface area contributed by atoms with Crippen molar-refractivity contribution in [1.29, 1.82) is 0 Å². The number of methoxy groups -OCH3 is 3. The highest BCUT2D eigenvalue weighted by atomic mass is 35.5. The van der Waals surface area contributed by atoms with Crippen molar-refractivity contribution in [3.8, 4) is 23.0 Å². The van der Waals surface area contributed by atoms with Crippen LogP contribution in [0, 0.1) is 6.92 Å². The van der Waals surface area contributed by atoms with Crippen LogP contribution in [-0.4, -0.2) is 27.3 Å². The summed E-state index contributed by atoms with van der Waals surface area (Å²) in [6.45, 7) is 1.81. The quantitative estimate of drug-likeness (QED) is 0.612. The van der Waals surface area contributed by atoms with Crippen LogP contribution in [0.5, 0.6) is 23.0 Å². The molecule has 6 heteroatoms. The molecule has 0 aliphatic carbocycles. The van der Waals surface area contributed by atoms with E-state index in [1.807, 2.05) is 0 Å². The third-order valence-corrected chi connectivity index (χ3v) is 3.50. The molecule has 0 saturated heterocycles. The lowest BCUT2D eigenvalue weighted by molar-refractivity contribution is 0.0729. The van der Waals surface area contributed by atoms with E-state index in [1.165, 1.54) is 27.4 Å². The molecule has 122 valence electrons. The molecule has 23 heavy (non-hydrogen) atoms. The van der Waals surface area contributed by atoms with Gasteiger partial charge in [0.05, 0.1) is 21.3 Å². The summed E-state index contributed by atoms with van der Waals surface area (Å²) in [7, 11) is 4.46. The Kier molecular flexibility index (Phi) is 5.34. The van der Waals surface area contributed by atoms with Gasteiger partial charge in [-0.3, -0.25) is 0 Å². The number of esters is 1. The summed E-state index contributed by atoms with van der Waals surface area (Å²) in [6.07, 6.45) is 0. The maximum atomic E-state index is 12.5. The molecule has 0 N–H and O–H groups in total. The molecule has 0 aromatic heterocycles. The van der Waals surface area contributed by atoms with Gasteiger partial charge in [-0.25, -0.2) is 4.79 Å². The number of benzene rings is 2. The van der Waals surface area contributed by atoms with Crippen molar-refractivity contribution in [3.05, 3.63) is 46.5 Å². The molecule has 0 unspecified atom stereocenters. The monoisotopic (exact) mass is 336 g/mol. The topological polar surface area (TPSA) is 54.0 Å². The molecule has 0 amide bonds. The lowest BCUT2D eigenvalue weighted by atomic mass is 10.1. The molecule has 0 aliphatic rings. The summed E-state index contributed by atoms with van der Waals surface area (Å²) < 4.78 is 21.1. The third kappa shape index (κ3) is 3.68. The Bertz CT molecular complexity index is 727. The summed E-state index contributed by atoms with van der Waals surface area (Å²) >= 11 is 5.90. The lowest BCUT2D eigenvalue weighted by Crippen LogP contribution is -2.11. The van der Waals surface area contributed by atoms with E-state index in [-0.39, 0.29) is 5.56 Å². The number of ether oxygens (including phenoxy) is 4. The molecular weight excluding hydrogens is 320 g/mol. The van der Waals surface area contributed by atoms with Crippen LogP contribution in [-0.2, 0) is 0 Å². The average Bonchev–Trinajstić information content (AvgIpc) is 2.55. The SMILES string of the molecule is COc1cc(OC)c(C(=O)Oc2ccc(Cl)cc2C)cc1OC. The standard InChI is InChI=1S/C17H17ClO5/c1-10-7-11(18)5-6-13(10)23-17(19)12-8-15(21-3)16(22-4)9-14(12)20-2/h5-9H,1-4H3. The first-order valence-electron chi connectivity index (χ1n) is 6.78. The van der Waals surface area contributed by atoms with Gasteiger partial charge in [0.15, 0.2) is 11.5 Å². The fraction of sp³-hybridized carbons (Fsp3) is 0.235. The molecule has 2 aromatic rings. The first-order chi connectivity index (χ1) is 11.0. The molecule has 2 aromatic carbocycles. The van der Waals surface area contributed by atoms with E-state index in [0.717, 1.165) is 5.56 Å². The molecular formula is C17H17ClO5. The van der Waals surface area contributed by atoms with Gasteiger partial charge in [0.1, 0.15) is 17.1 Å². The Morgan fingerprint density at radius 1 is 0.870 bits per heavy atom. The second-order valence-corrected chi connectivity index (χ2v) is 5.14. The van der Waals surface area contributed by atoms with Gasteiger partial charge < -0.3 is 18.9 Å². The minimum absolute atomic E-state index is 0.236. The van der Waals surface area contributed by atoms with Crippen molar-refractivity contribution in [2.45, 2.75) is 6.92 Å². The smallest absolute Gasteiger partial charge is 0.347 e. The van der Waals surface area contributed by atoms with Crippen LogP contribution in [0.1, 0.15) is 15.9 Å². The van der Waals surface area contributed by atoms with E-state index in [0.29, 0.717) is 28.0 Å². The number of rotatable bonds is 5. The van der Waals surface area contributed by atoms with E-state index >= 15 is 0 Å². The Balaban J connectivity index is 2.38. The average molecular weight is 337 g/mol. The van der Waals surface area contributed by atoms with Crippen LogP contribution in [0.15, 0.2) is 30.3 Å². The number of carbonyl (C=O) groups is 1. The lowest BCUT2D eigenvalue weighted by Gasteiger charge is -2.14. The van der Waals surface area contributed by atoms with Crippen molar-refractivity contribution in [1.82, 2.24) is 0 Å². The summed E-state index contributed by atoms with van der Waals surface area (Å²) in [5.41, 5.74) is 0.991. The first kappa shape index (κ1) is 17.0. The fourth-order valence-corrected chi connectivity index (χ4v) is 2.30. The molecule has 0 atom stereocenters. The molecule has 0 bridgehead atoms. The highest BCUT2D eigenvalue weighted by molar-refractivity contribution is 6.30. The van der Waals surface area contributed by atoms with Crippen LogP contribution in [0.3, 0.4) is 0 Å². The highest BCUT2D eigenvalue weighted by Gasteiger charge is 2.20. The minimum atomic E-state index is -0.562. The Labute approximate surface area is 139 Å².